The number of benzene rings is 2. The molecule has 0 radical (unpaired) electrons. The molecule has 8 heteroatoms. The van der Waals surface area contributed by atoms with Crippen molar-refractivity contribution in [1.29, 1.82) is 0 Å². The molecule has 0 aliphatic heterocycles. The van der Waals surface area contributed by atoms with Crippen LogP contribution in [0.1, 0.15) is 86.4 Å². The van der Waals surface area contributed by atoms with E-state index in [1.165, 1.54) is 12.5 Å². The average Bonchev–Trinajstić information content (AvgIpc) is 3.23. The summed E-state index contributed by atoms with van der Waals surface area (Å²) in [4.78, 5) is 39.2. The summed E-state index contributed by atoms with van der Waals surface area (Å²) < 4.78 is 18.5. The highest BCUT2D eigenvalue weighted by molar-refractivity contribution is 6.31. The number of hydrogen-bond donors (Lipinski definition) is 0. The van der Waals surface area contributed by atoms with Gasteiger partial charge in [0.15, 0.2) is 0 Å². The maximum absolute atomic E-state index is 13.6. The van der Waals surface area contributed by atoms with Crippen molar-refractivity contribution in [2.45, 2.75) is 77.9 Å². The first-order valence-electron chi connectivity index (χ1n) is 15.6. The fourth-order valence-corrected chi connectivity index (χ4v) is 9.88. The van der Waals surface area contributed by atoms with Crippen LogP contribution in [-0.4, -0.2) is 36.7 Å². The van der Waals surface area contributed by atoms with E-state index < -0.39 is 17.5 Å². The largest absolute Gasteiger partial charge is 0.465 e. The van der Waals surface area contributed by atoms with Gasteiger partial charge in [0.2, 0.25) is 0 Å². The van der Waals surface area contributed by atoms with E-state index in [1.54, 1.807) is 48.5 Å². The van der Waals surface area contributed by atoms with Crippen LogP contribution in [0.3, 0.4) is 0 Å². The molecule has 234 valence electrons. The molecule has 0 unspecified atom stereocenters. The maximum atomic E-state index is 13.6. The Balaban J connectivity index is 1.37. The lowest BCUT2D eigenvalue weighted by Crippen LogP contribution is -2.66. The van der Waals surface area contributed by atoms with E-state index in [0.717, 1.165) is 32.1 Å². The van der Waals surface area contributed by atoms with Gasteiger partial charge in [0.05, 0.1) is 11.1 Å². The summed E-state index contributed by atoms with van der Waals surface area (Å²) in [5, 5.41) is 1.09. The molecule has 0 aromatic heterocycles. The molecule has 2 bridgehead atoms. The summed E-state index contributed by atoms with van der Waals surface area (Å²) >= 11 is 12.2. The normalized spacial score (nSPS) is 35.7. The zero-order chi connectivity index (χ0) is 31.4. The highest BCUT2D eigenvalue weighted by Gasteiger charge is 2.70. The van der Waals surface area contributed by atoms with Gasteiger partial charge >= 0.3 is 17.9 Å². The number of carbonyl (C=O) groups excluding carboxylic acids is 3. The minimum Gasteiger partial charge on any atom is -0.465 e. The molecule has 4 saturated carbocycles. The zero-order valence-electron chi connectivity index (χ0n) is 25.6. The van der Waals surface area contributed by atoms with Gasteiger partial charge in [-0.15, -0.1) is 0 Å². The molecule has 0 heterocycles. The maximum Gasteiger partial charge on any atom is 0.338 e. The number of esters is 3. The lowest BCUT2D eigenvalue weighted by atomic mass is 9.40. The number of carbonyl (C=O) groups is 3. The Labute approximate surface area is 269 Å². The fourth-order valence-electron chi connectivity index (χ4n) is 9.63. The van der Waals surface area contributed by atoms with Gasteiger partial charge in [0, 0.05) is 27.8 Å². The third-order valence-corrected chi connectivity index (χ3v) is 12.2. The van der Waals surface area contributed by atoms with Crippen LogP contribution in [0.2, 0.25) is 10.0 Å². The highest BCUT2D eigenvalue weighted by atomic mass is 35.5. The summed E-state index contributed by atoms with van der Waals surface area (Å²) in [6.07, 6.45) is 5.12. The highest BCUT2D eigenvalue weighted by Crippen LogP contribution is 2.73. The predicted octanol–water partition coefficient (Wildman–Crippen LogP) is 8.50. The molecule has 4 fully saturated rings. The van der Waals surface area contributed by atoms with Crippen molar-refractivity contribution >= 4 is 41.1 Å². The van der Waals surface area contributed by atoms with Crippen LogP contribution in [0.25, 0.3) is 0 Å². The molecule has 2 aromatic carbocycles. The summed E-state index contributed by atoms with van der Waals surface area (Å²) in [5.41, 5.74) is 1.08. The summed E-state index contributed by atoms with van der Waals surface area (Å²) in [7, 11) is 0. The molecule has 0 saturated heterocycles. The van der Waals surface area contributed by atoms with Crippen LogP contribution in [0, 0.1) is 34.0 Å². The van der Waals surface area contributed by atoms with E-state index in [4.69, 9.17) is 37.4 Å². The van der Waals surface area contributed by atoms with Crippen molar-refractivity contribution in [2.24, 2.45) is 34.0 Å². The average molecular weight is 640 g/mol. The molecule has 0 N–H and O–H groups in total. The van der Waals surface area contributed by atoms with Crippen molar-refractivity contribution in [3.63, 3.8) is 0 Å². The molecule has 0 amide bonds. The van der Waals surface area contributed by atoms with Crippen molar-refractivity contribution in [1.82, 2.24) is 0 Å². The van der Waals surface area contributed by atoms with Crippen LogP contribution in [0.5, 0.6) is 0 Å². The molecule has 1 spiro atoms. The third kappa shape index (κ3) is 5.26. The lowest BCUT2D eigenvalue weighted by Gasteiger charge is -2.66. The standard InChI is InChI=1S/C36H40Cl2O6/c1-21-18-36-19-25(21)9-14-28(36)34(3)16-15-30(43-32(40)23-5-10-26(37)11-6-23)35(4,20-42-22(2)39)29(34)17-31(36)44-33(41)24-7-12-27(38)13-8-24/h5-8,10-13,25,28-31H,1,9,14-20H2,2-4H3/t25-,28+,29+,30-,31+,34+,35-,36+/m1/s1. The van der Waals surface area contributed by atoms with E-state index in [-0.39, 0.29) is 47.3 Å². The molecule has 2 aromatic rings. The van der Waals surface area contributed by atoms with Crippen molar-refractivity contribution in [3.05, 3.63) is 81.9 Å². The predicted molar refractivity (Wildman–Crippen MR) is 169 cm³/mol. The number of rotatable bonds is 6. The van der Waals surface area contributed by atoms with Gasteiger partial charge in [-0.2, -0.15) is 0 Å². The number of fused-ring (bicyclic) bond motifs is 3. The van der Waals surface area contributed by atoms with E-state index >= 15 is 0 Å². The molecule has 8 atom stereocenters. The first-order chi connectivity index (χ1) is 20.9. The number of ether oxygens (including phenoxy) is 3. The van der Waals surface area contributed by atoms with Crippen LogP contribution < -0.4 is 0 Å². The number of allylic oxidation sites excluding steroid dienone is 1. The summed E-state index contributed by atoms with van der Waals surface area (Å²) in [6, 6.07) is 13.4. The second kappa shape index (κ2) is 11.5. The summed E-state index contributed by atoms with van der Waals surface area (Å²) in [6.45, 7) is 10.4. The van der Waals surface area contributed by atoms with Gasteiger partial charge in [-0.3, -0.25) is 4.79 Å². The van der Waals surface area contributed by atoms with Gasteiger partial charge in [0.25, 0.3) is 0 Å². The monoisotopic (exact) mass is 638 g/mol. The fraction of sp³-hybridized carbons (Fsp3) is 0.528. The SMILES string of the molecule is C=C1C[C@]23C[C@H]1CC[C@H]2[C@]1(C)CC[C@@H](OC(=O)c2ccc(Cl)cc2)[C@](C)(COC(C)=O)[C@H]1C[C@@H]3OC(=O)c1ccc(Cl)cc1. The van der Waals surface area contributed by atoms with E-state index in [0.29, 0.717) is 39.9 Å². The van der Waals surface area contributed by atoms with Gasteiger partial charge < -0.3 is 14.2 Å². The van der Waals surface area contributed by atoms with Crippen LogP contribution in [0.15, 0.2) is 60.7 Å². The van der Waals surface area contributed by atoms with E-state index in [2.05, 4.69) is 20.4 Å². The second-order valence-electron chi connectivity index (χ2n) is 14.0. The van der Waals surface area contributed by atoms with Gasteiger partial charge in [-0.25, -0.2) is 9.59 Å². The number of hydrogen-bond acceptors (Lipinski definition) is 6. The molecular weight excluding hydrogens is 599 g/mol. The Bertz CT molecular complexity index is 1470. The van der Waals surface area contributed by atoms with E-state index in [9.17, 15) is 14.4 Å². The first kappa shape index (κ1) is 31.2. The van der Waals surface area contributed by atoms with Gasteiger partial charge in [0.1, 0.15) is 18.8 Å². The summed E-state index contributed by atoms with van der Waals surface area (Å²) in [5.74, 6) is -0.521. The Kier molecular flexibility index (Phi) is 8.15. The Morgan fingerprint density at radius 2 is 1.41 bits per heavy atom. The van der Waals surface area contributed by atoms with Crippen molar-refractivity contribution in [2.75, 3.05) is 6.61 Å². The smallest absolute Gasteiger partial charge is 0.338 e. The molecular formula is C36H40Cl2O6. The molecule has 4 aliphatic carbocycles. The molecule has 6 nitrogen and oxygen atoms in total. The van der Waals surface area contributed by atoms with Crippen LogP contribution >= 0.6 is 23.2 Å². The molecule has 4 aliphatic rings. The first-order valence-corrected chi connectivity index (χ1v) is 16.4. The third-order valence-electron chi connectivity index (χ3n) is 11.7. The quantitative estimate of drug-likeness (QED) is 0.179. The molecule has 44 heavy (non-hydrogen) atoms. The topological polar surface area (TPSA) is 78.9 Å². The number of halogens is 2. The van der Waals surface area contributed by atoms with Crippen LogP contribution in [0.4, 0.5) is 0 Å². The Hall–Kier alpha value is -2.83. The lowest BCUT2D eigenvalue weighted by molar-refractivity contribution is -0.232. The van der Waals surface area contributed by atoms with Crippen molar-refractivity contribution in [3.8, 4) is 0 Å². The zero-order valence-corrected chi connectivity index (χ0v) is 27.1. The Morgan fingerprint density at radius 3 is 1.98 bits per heavy atom. The Morgan fingerprint density at radius 1 is 0.841 bits per heavy atom. The van der Waals surface area contributed by atoms with Gasteiger partial charge in [-0.05, 0) is 117 Å². The molecule has 6 rings (SSSR count). The van der Waals surface area contributed by atoms with E-state index in [1.807, 2.05) is 0 Å². The second-order valence-corrected chi connectivity index (χ2v) is 14.9. The minimum absolute atomic E-state index is 0.0461. The minimum atomic E-state index is -0.709. The van der Waals surface area contributed by atoms with Gasteiger partial charge in [-0.1, -0.05) is 49.2 Å². The van der Waals surface area contributed by atoms with Crippen LogP contribution in [-0.2, 0) is 19.0 Å². The van der Waals surface area contributed by atoms with Crippen molar-refractivity contribution < 1.29 is 28.6 Å².